The predicted octanol–water partition coefficient (Wildman–Crippen LogP) is 4.67. The van der Waals surface area contributed by atoms with Crippen molar-refractivity contribution in [2.24, 2.45) is 0 Å². The number of nitriles is 1. The highest BCUT2D eigenvalue weighted by molar-refractivity contribution is 5.97. The van der Waals surface area contributed by atoms with Crippen molar-refractivity contribution in [1.29, 1.82) is 5.26 Å². The first-order valence-electron chi connectivity index (χ1n) is 11.6. The van der Waals surface area contributed by atoms with Crippen LogP contribution in [0, 0.1) is 28.4 Å². The van der Waals surface area contributed by atoms with E-state index < -0.39 is 11.0 Å². The third-order valence-corrected chi connectivity index (χ3v) is 6.23. The van der Waals surface area contributed by atoms with Gasteiger partial charge in [0, 0.05) is 37.9 Å². The largest absolute Gasteiger partial charge is 0.370 e. The third kappa shape index (κ3) is 5.65. The van der Waals surface area contributed by atoms with Crippen LogP contribution in [0.4, 0.5) is 17.1 Å². The number of hydrogen-bond donors (Lipinski definition) is 1. The molecule has 178 valence electrons. The van der Waals surface area contributed by atoms with Crippen molar-refractivity contribution >= 4 is 23.0 Å². The first-order chi connectivity index (χ1) is 17.0. The summed E-state index contributed by atoms with van der Waals surface area (Å²) in [5, 5.41) is 23.5. The molecular weight excluding hydrogens is 442 g/mol. The number of nitrogens with one attached hydrogen (secondary N) is 1. The van der Waals surface area contributed by atoms with Crippen molar-refractivity contribution in [1.82, 2.24) is 4.90 Å². The Bertz CT molecular complexity index is 1240. The zero-order chi connectivity index (χ0) is 24.8. The molecule has 0 bridgehead atoms. The molecule has 3 aromatic rings. The monoisotopic (exact) mass is 469 g/mol. The van der Waals surface area contributed by atoms with E-state index in [1.807, 2.05) is 54.6 Å². The number of nitro groups is 1. The Kier molecular flexibility index (Phi) is 7.38. The summed E-state index contributed by atoms with van der Waals surface area (Å²) in [6, 6.07) is 23.4. The lowest BCUT2D eigenvalue weighted by Gasteiger charge is -2.30. The number of carbonyl (C=O) groups is 1. The van der Waals surface area contributed by atoms with Crippen LogP contribution in [0.15, 0.2) is 72.8 Å². The van der Waals surface area contributed by atoms with Crippen molar-refractivity contribution in [3.8, 4) is 6.07 Å². The molecule has 0 aromatic heterocycles. The Morgan fingerprint density at radius 3 is 2.46 bits per heavy atom. The lowest BCUT2D eigenvalue weighted by Crippen LogP contribution is -2.39. The first-order valence-corrected chi connectivity index (χ1v) is 11.6. The SMILES string of the molecule is Cc1ccc(NC(=O)C(c2ccccc2)N2CCCN(c3ccc(C#N)cc3)CC2)c([N+](=O)[O-])c1. The maximum absolute atomic E-state index is 13.6. The van der Waals surface area contributed by atoms with Crippen LogP contribution in [0.5, 0.6) is 0 Å². The summed E-state index contributed by atoms with van der Waals surface area (Å²) < 4.78 is 0. The zero-order valence-electron chi connectivity index (χ0n) is 19.6. The van der Waals surface area contributed by atoms with Crippen LogP contribution in [0.3, 0.4) is 0 Å². The van der Waals surface area contributed by atoms with Crippen LogP contribution in [0.1, 0.15) is 29.2 Å². The van der Waals surface area contributed by atoms with Gasteiger partial charge in [0.2, 0.25) is 5.91 Å². The van der Waals surface area contributed by atoms with Crippen molar-refractivity contribution in [3.63, 3.8) is 0 Å². The molecule has 0 radical (unpaired) electrons. The lowest BCUT2D eigenvalue weighted by molar-refractivity contribution is -0.384. The van der Waals surface area contributed by atoms with Crippen molar-refractivity contribution in [2.45, 2.75) is 19.4 Å². The topological polar surface area (TPSA) is 103 Å². The van der Waals surface area contributed by atoms with Gasteiger partial charge in [0.25, 0.3) is 5.69 Å². The second-order valence-corrected chi connectivity index (χ2v) is 8.62. The number of benzene rings is 3. The normalized spacial score (nSPS) is 15.0. The molecule has 1 aliphatic heterocycles. The van der Waals surface area contributed by atoms with Gasteiger partial charge in [0.1, 0.15) is 11.7 Å². The Morgan fingerprint density at radius 2 is 1.77 bits per heavy atom. The Morgan fingerprint density at radius 1 is 1.03 bits per heavy atom. The summed E-state index contributed by atoms with van der Waals surface area (Å²) in [4.78, 5) is 29.1. The van der Waals surface area contributed by atoms with Crippen LogP contribution in [-0.2, 0) is 4.79 Å². The van der Waals surface area contributed by atoms with E-state index in [0.29, 0.717) is 25.2 Å². The van der Waals surface area contributed by atoms with Gasteiger partial charge in [-0.15, -0.1) is 0 Å². The van der Waals surface area contributed by atoms with E-state index >= 15 is 0 Å². The van der Waals surface area contributed by atoms with Crippen LogP contribution in [-0.4, -0.2) is 41.9 Å². The second kappa shape index (κ2) is 10.8. The fourth-order valence-corrected chi connectivity index (χ4v) is 4.46. The summed E-state index contributed by atoms with van der Waals surface area (Å²) >= 11 is 0. The van der Waals surface area contributed by atoms with E-state index in [0.717, 1.165) is 29.8 Å². The number of nitrogens with zero attached hydrogens (tertiary/aromatic N) is 4. The van der Waals surface area contributed by atoms with Crippen LogP contribution >= 0.6 is 0 Å². The summed E-state index contributed by atoms with van der Waals surface area (Å²) in [6.07, 6.45) is 0.849. The van der Waals surface area contributed by atoms with Gasteiger partial charge < -0.3 is 10.2 Å². The smallest absolute Gasteiger partial charge is 0.293 e. The molecule has 8 heteroatoms. The maximum Gasteiger partial charge on any atom is 0.293 e. The van der Waals surface area contributed by atoms with Crippen molar-refractivity contribution < 1.29 is 9.72 Å². The summed E-state index contributed by atoms with van der Waals surface area (Å²) in [5.74, 6) is -0.296. The number of aryl methyl sites for hydroxylation is 1. The van der Waals surface area contributed by atoms with E-state index in [9.17, 15) is 14.9 Å². The molecule has 1 heterocycles. The highest BCUT2D eigenvalue weighted by Crippen LogP contribution is 2.29. The lowest BCUT2D eigenvalue weighted by atomic mass is 10.0. The Balaban J connectivity index is 1.57. The molecule has 1 unspecified atom stereocenters. The van der Waals surface area contributed by atoms with Gasteiger partial charge in [-0.3, -0.25) is 19.8 Å². The van der Waals surface area contributed by atoms with E-state index in [4.69, 9.17) is 5.26 Å². The molecule has 1 saturated heterocycles. The van der Waals surface area contributed by atoms with E-state index in [-0.39, 0.29) is 17.3 Å². The molecule has 0 aliphatic carbocycles. The number of rotatable bonds is 6. The highest BCUT2D eigenvalue weighted by atomic mass is 16.6. The average molecular weight is 470 g/mol. The molecule has 1 N–H and O–H groups in total. The summed E-state index contributed by atoms with van der Waals surface area (Å²) in [6.45, 7) is 4.67. The standard InChI is InChI=1S/C27H27N5O3/c1-20-8-13-24(25(18-20)32(34)35)29-27(33)26(22-6-3-2-4-7-22)31-15-5-14-30(16-17-31)23-11-9-21(19-28)10-12-23/h2-4,6-13,18,26H,5,14-17H2,1H3,(H,29,33). The summed E-state index contributed by atoms with van der Waals surface area (Å²) in [7, 11) is 0. The quantitative estimate of drug-likeness (QED) is 0.416. The maximum atomic E-state index is 13.6. The molecule has 8 nitrogen and oxygen atoms in total. The minimum atomic E-state index is -0.585. The molecule has 4 rings (SSSR count). The Labute approximate surface area is 204 Å². The van der Waals surface area contributed by atoms with Crippen LogP contribution in [0.25, 0.3) is 0 Å². The van der Waals surface area contributed by atoms with Gasteiger partial charge in [-0.05, 0) is 54.8 Å². The fourth-order valence-electron chi connectivity index (χ4n) is 4.46. The highest BCUT2D eigenvalue weighted by Gasteiger charge is 2.30. The van der Waals surface area contributed by atoms with E-state index in [1.165, 1.54) is 6.07 Å². The minimum absolute atomic E-state index is 0.118. The van der Waals surface area contributed by atoms with Gasteiger partial charge >= 0.3 is 0 Å². The van der Waals surface area contributed by atoms with E-state index in [2.05, 4.69) is 21.2 Å². The molecule has 3 aromatic carbocycles. The van der Waals surface area contributed by atoms with Gasteiger partial charge in [-0.2, -0.15) is 5.26 Å². The van der Waals surface area contributed by atoms with E-state index in [1.54, 1.807) is 19.1 Å². The van der Waals surface area contributed by atoms with Crippen molar-refractivity contribution in [3.05, 3.63) is 99.6 Å². The molecule has 0 spiro atoms. The third-order valence-electron chi connectivity index (χ3n) is 6.23. The van der Waals surface area contributed by atoms with Gasteiger partial charge in [-0.1, -0.05) is 36.4 Å². The van der Waals surface area contributed by atoms with Crippen LogP contribution < -0.4 is 10.2 Å². The average Bonchev–Trinajstić information content (AvgIpc) is 3.12. The van der Waals surface area contributed by atoms with Gasteiger partial charge in [0.15, 0.2) is 0 Å². The zero-order valence-corrected chi connectivity index (χ0v) is 19.6. The second-order valence-electron chi connectivity index (χ2n) is 8.62. The minimum Gasteiger partial charge on any atom is -0.370 e. The number of anilines is 2. The number of nitro benzene ring substituents is 1. The molecule has 1 atom stereocenters. The molecular formula is C27H27N5O3. The van der Waals surface area contributed by atoms with Gasteiger partial charge in [-0.25, -0.2) is 0 Å². The molecule has 35 heavy (non-hydrogen) atoms. The number of hydrogen-bond acceptors (Lipinski definition) is 6. The number of amides is 1. The predicted molar refractivity (Wildman–Crippen MR) is 135 cm³/mol. The van der Waals surface area contributed by atoms with Crippen LogP contribution in [0.2, 0.25) is 0 Å². The molecule has 1 aliphatic rings. The Hall–Kier alpha value is -4.22. The molecule has 0 saturated carbocycles. The molecule has 1 fully saturated rings. The number of carbonyl (C=O) groups excluding carboxylic acids is 1. The first kappa shape index (κ1) is 23.9. The fraction of sp³-hybridized carbons (Fsp3) is 0.259. The van der Waals surface area contributed by atoms with Crippen molar-refractivity contribution in [2.75, 3.05) is 36.4 Å². The van der Waals surface area contributed by atoms with Gasteiger partial charge in [0.05, 0.1) is 16.6 Å². The summed E-state index contributed by atoms with van der Waals surface area (Å²) in [5.41, 5.74) is 3.34. The molecule has 1 amide bonds.